The molecule has 2 rings (SSSR count). The lowest BCUT2D eigenvalue weighted by Gasteiger charge is -2.13. The SMILES string of the molecule is CCOc1c(Cl)cc(Cc2c(C)[nH]c(=S)[nH]c2=O)cc1OC. The fourth-order valence-electron chi connectivity index (χ4n) is 2.20. The van der Waals surface area contributed by atoms with Crippen LogP contribution in [0.1, 0.15) is 23.7 Å². The van der Waals surface area contributed by atoms with Gasteiger partial charge in [-0.3, -0.25) is 9.78 Å². The van der Waals surface area contributed by atoms with Gasteiger partial charge in [0.2, 0.25) is 0 Å². The summed E-state index contributed by atoms with van der Waals surface area (Å²) in [6, 6.07) is 3.59. The Bertz CT molecular complexity index is 798. The van der Waals surface area contributed by atoms with Gasteiger partial charge >= 0.3 is 0 Å². The minimum atomic E-state index is -0.203. The van der Waals surface area contributed by atoms with E-state index in [9.17, 15) is 4.79 Å². The van der Waals surface area contributed by atoms with E-state index in [1.54, 1.807) is 13.2 Å². The second-order valence-corrected chi connectivity index (χ2v) is 5.55. The summed E-state index contributed by atoms with van der Waals surface area (Å²) in [4.78, 5) is 17.6. The number of aryl methyl sites for hydroxylation is 1. The van der Waals surface area contributed by atoms with Crippen LogP contribution in [0.3, 0.4) is 0 Å². The first kappa shape index (κ1) is 16.6. The van der Waals surface area contributed by atoms with Crippen LogP contribution in [0.25, 0.3) is 0 Å². The second-order valence-electron chi connectivity index (χ2n) is 4.73. The van der Waals surface area contributed by atoms with E-state index in [0.29, 0.717) is 39.9 Å². The Hall–Kier alpha value is -1.79. The molecule has 0 saturated heterocycles. The lowest BCUT2D eigenvalue weighted by Crippen LogP contribution is -2.16. The number of nitrogens with one attached hydrogen (secondary N) is 2. The van der Waals surface area contributed by atoms with Crippen LogP contribution in [0.4, 0.5) is 0 Å². The second kappa shape index (κ2) is 6.98. The van der Waals surface area contributed by atoms with Gasteiger partial charge in [-0.05, 0) is 43.8 Å². The minimum Gasteiger partial charge on any atom is -0.493 e. The molecule has 0 atom stereocenters. The molecule has 118 valence electrons. The van der Waals surface area contributed by atoms with Gasteiger partial charge < -0.3 is 14.5 Å². The number of hydrogen-bond donors (Lipinski definition) is 2. The van der Waals surface area contributed by atoms with E-state index in [4.69, 9.17) is 33.3 Å². The first-order valence-corrected chi connectivity index (χ1v) is 7.56. The number of aromatic amines is 2. The Balaban J connectivity index is 2.45. The van der Waals surface area contributed by atoms with Crippen LogP contribution in [-0.4, -0.2) is 23.7 Å². The predicted molar refractivity (Wildman–Crippen MR) is 89.0 cm³/mol. The highest BCUT2D eigenvalue weighted by Crippen LogP contribution is 2.36. The number of methoxy groups -OCH3 is 1. The molecule has 1 aromatic carbocycles. The summed E-state index contributed by atoms with van der Waals surface area (Å²) < 4.78 is 11.1. The van der Waals surface area contributed by atoms with Gasteiger partial charge in [-0.2, -0.15) is 0 Å². The molecule has 1 aromatic heterocycles. The summed E-state index contributed by atoms with van der Waals surface area (Å²) in [5.74, 6) is 1.05. The average molecular weight is 341 g/mol. The van der Waals surface area contributed by atoms with Crippen molar-refractivity contribution >= 4 is 23.8 Å². The van der Waals surface area contributed by atoms with Crippen molar-refractivity contribution in [2.45, 2.75) is 20.3 Å². The fourth-order valence-corrected chi connectivity index (χ4v) is 2.74. The maximum atomic E-state index is 12.0. The molecule has 0 aliphatic heterocycles. The summed E-state index contributed by atoms with van der Waals surface area (Å²) >= 11 is 11.2. The molecule has 7 heteroatoms. The van der Waals surface area contributed by atoms with Crippen LogP contribution in [0.2, 0.25) is 5.02 Å². The number of hydrogen-bond acceptors (Lipinski definition) is 4. The van der Waals surface area contributed by atoms with Crippen molar-refractivity contribution in [2.75, 3.05) is 13.7 Å². The Morgan fingerprint density at radius 3 is 2.64 bits per heavy atom. The molecule has 2 N–H and O–H groups in total. The Kier molecular flexibility index (Phi) is 5.26. The normalized spacial score (nSPS) is 10.5. The zero-order chi connectivity index (χ0) is 16.3. The summed E-state index contributed by atoms with van der Waals surface area (Å²) in [7, 11) is 1.55. The molecule has 0 unspecified atom stereocenters. The number of aromatic nitrogens is 2. The molecule has 0 fully saturated rings. The molecule has 0 saturated carbocycles. The van der Waals surface area contributed by atoms with Crippen LogP contribution >= 0.6 is 23.8 Å². The third-order valence-corrected chi connectivity index (χ3v) is 3.70. The van der Waals surface area contributed by atoms with E-state index in [0.717, 1.165) is 11.3 Å². The molecule has 0 aliphatic rings. The molecule has 0 spiro atoms. The van der Waals surface area contributed by atoms with E-state index in [1.165, 1.54) is 0 Å². The third-order valence-electron chi connectivity index (χ3n) is 3.21. The summed E-state index contributed by atoms with van der Waals surface area (Å²) in [5.41, 5.74) is 1.99. The highest BCUT2D eigenvalue weighted by Gasteiger charge is 2.14. The summed E-state index contributed by atoms with van der Waals surface area (Å²) in [6.45, 7) is 4.18. The quantitative estimate of drug-likeness (QED) is 0.819. The Morgan fingerprint density at radius 2 is 2.05 bits per heavy atom. The van der Waals surface area contributed by atoms with Crippen molar-refractivity contribution in [1.82, 2.24) is 9.97 Å². The van der Waals surface area contributed by atoms with E-state index < -0.39 is 0 Å². The van der Waals surface area contributed by atoms with E-state index in [1.807, 2.05) is 19.9 Å². The zero-order valence-corrected chi connectivity index (χ0v) is 14.2. The van der Waals surface area contributed by atoms with Gasteiger partial charge in [0.05, 0.1) is 18.7 Å². The minimum absolute atomic E-state index is 0.203. The highest BCUT2D eigenvalue weighted by molar-refractivity contribution is 7.71. The van der Waals surface area contributed by atoms with Gasteiger partial charge in [0, 0.05) is 17.7 Å². The van der Waals surface area contributed by atoms with Gasteiger partial charge in [-0.1, -0.05) is 11.6 Å². The van der Waals surface area contributed by atoms with Crippen molar-refractivity contribution in [1.29, 1.82) is 0 Å². The van der Waals surface area contributed by atoms with Crippen molar-refractivity contribution in [2.24, 2.45) is 0 Å². The van der Waals surface area contributed by atoms with Gasteiger partial charge in [-0.15, -0.1) is 0 Å². The van der Waals surface area contributed by atoms with Gasteiger partial charge in [0.15, 0.2) is 16.3 Å². The average Bonchev–Trinajstić information content (AvgIpc) is 2.45. The highest BCUT2D eigenvalue weighted by atomic mass is 35.5. The fraction of sp³-hybridized carbons (Fsp3) is 0.333. The monoisotopic (exact) mass is 340 g/mol. The van der Waals surface area contributed by atoms with Crippen molar-refractivity contribution < 1.29 is 9.47 Å². The van der Waals surface area contributed by atoms with Gasteiger partial charge in [-0.25, -0.2) is 0 Å². The first-order chi connectivity index (χ1) is 10.5. The molecule has 0 aliphatic carbocycles. The number of ether oxygens (including phenoxy) is 2. The largest absolute Gasteiger partial charge is 0.493 e. The number of halogens is 1. The molecular weight excluding hydrogens is 324 g/mol. The zero-order valence-electron chi connectivity index (χ0n) is 12.6. The predicted octanol–water partition coefficient (Wildman–Crippen LogP) is 3.39. The molecular formula is C15H17ClN2O3S. The van der Waals surface area contributed by atoms with Crippen LogP contribution in [0.5, 0.6) is 11.5 Å². The van der Waals surface area contributed by atoms with Crippen LogP contribution < -0.4 is 15.0 Å². The molecule has 0 amide bonds. The Morgan fingerprint density at radius 1 is 1.32 bits per heavy atom. The number of benzene rings is 1. The summed E-state index contributed by atoms with van der Waals surface area (Å²) in [5, 5.41) is 0.453. The molecule has 2 aromatic rings. The standard InChI is InChI=1S/C15H17ClN2O3S/c1-4-21-13-11(16)6-9(7-12(13)20-3)5-10-8(2)17-15(22)18-14(10)19/h6-7H,4-5H2,1-3H3,(H2,17,18,19,22). The van der Waals surface area contributed by atoms with Crippen molar-refractivity contribution in [3.63, 3.8) is 0 Å². The molecule has 1 heterocycles. The molecule has 0 bridgehead atoms. The smallest absolute Gasteiger partial charge is 0.255 e. The molecule has 22 heavy (non-hydrogen) atoms. The molecule has 0 radical (unpaired) electrons. The topological polar surface area (TPSA) is 67.1 Å². The maximum absolute atomic E-state index is 12.0. The Labute approximate surface area is 138 Å². The number of H-pyrrole nitrogens is 2. The van der Waals surface area contributed by atoms with Crippen LogP contribution in [0.15, 0.2) is 16.9 Å². The van der Waals surface area contributed by atoms with Crippen molar-refractivity contribution in [3.05, 3.63) is 49.1 Å². The van der Waals surface area contributed by atoms with Crippen LogP contribution in [-0.2, 0) is 6.42 Å². The lowest BCUT2D eigenvalue weighted by atomic mass is 10.0. The third kappa shape index (κ3) is 3.51. The van der Waals surface area contributed by atoms with Gasteiger partial charge in [0.1, 0.15) is 0 Å². The maximum Gasteiger partial charge on any atom is 0.255 e. The van der Waals surface area contributed by atoms with Gasteiger partial charge in [0.25, 0.3) is 5.56 Å². The molecule has 5 nitrogen and oxygen atoms in total. The first-order valence-electron chi connectivity index (χ1n) is 6.77. The van der Waals surface area contributed by atoms with E-state index in [2.05, 4.69) is 9.97 Å². The number of rotatable bonds is 5. The summed E-state index contributed by atoms with van der Waals surface area (Å²) in [6.07, 6.45) is 0.412. The lowest BCUT2D eigenvalue weighted by molar-refractivity contribution is 0.311. The van der Waals surface area contributed by atoms with Crippen LogP contribution in [0, 0.1) is 11.7 Å². The van der Waals surface area contributed by atoms with Crippen molar-refractivity contribution in [3.8, 4) is 11.5 Å². The van der Waals surface area contributed by atoms with E-state index >= 15 is 0 Å². The van der Waals surface area contributed by atoms with E-state index in [-0.39, 0.29) is 5.56 Å².